The minimum atomic E-state index is -0.139. The highest BCUT2D eigenvalue weighted by molar-refractivity contribution is 14.1. The Kier molecular flexibility index (Phi) is 3.89. The molecule has 0 spiro atoms. The van der Waals surface area contributed by atoms with E-state index in [9.17, 15) is 4.79 Å². The van der Waals surface area contributed by atoms with Gasteiger partial charge in [0.05, 0.1) is 9.26 Å². The molecule has 1 heterocycles. The monoisotopic (exact) mass is 424 g/mol. The summed E-state index contributed by atoms with van der Waals surface area (Å²) in [6.45, 7) is 1.80. The zero-order valence-electron chi connectivity index (χ0n) is 8.72. The molecule has 0 aliphatic carbocycles. The molecule has 1 N–H and O–H groups in total. The van der Waals surface area contributed by atoms with Crippen LogP contribution >= 0.6 is 50.1 Å². The van der Waals surface area contributed by atoms with Crippen molar-refractivity contribution < 1.29 is 0 Å². The second kappa shape index (κ2) is 5.07. The summed E-state index contributed by atoms with van der Waals surface area (Å²) in [5.74, 6) is 0.516. The van der Waals surface area contributed by atoms with Crippen molar-refractivity contribution in [2.45, 2.75) is 6.92 Å². The van der Waals surface area contributed by atoms with Gasteiger partial charge in [-0.05, 0) is 47.7 Å². The summed E-state index contributed by atoms with van der Waals surface area (Å²) in [5, 5.41) is 0.599. The lowest BCUT2D eigenvalue weighted by atomic mass is 10.2. The summed E-state index contributed by atoms with van der Waals surface area (Å²) < 4.78 is 1.44. The van der Waals surface area contributed by atoms with Crippen LogP contribution in [0.1, 0.15) is 5.69 Å². The predicted octanol–water partition coefficient (Wildman–Crippen LogP) is 3.77. The van der Waals surface area contributed by atoms with Gasteiger partial charge in [-0.15, -0.1) is 0 Å². The number of nitrogens with zero attached hydrogens (tertiary/aromatic N) is 1. The van der Waals surface area contributed by atoms with Crippen LogP contribution in [-0.2, 0) is 0 Å². The Morgan fingerprint density at radius 2 is 2.18 bits per heavy atom. The summed E-state index contributed by atoms with van der Waals surface area (Å²) in [4.78, 5) is 18.8. The average Bonchev–Trinajstić information content (AvgIpc) is 2.28. The lowest BCUT2D eigenvalue weighted by Crippen LogP contribution is -2.14. The quantitative estimate of drug-likeness (QED) is 0.708. The van der Waals surface area contributed by atoms with E-state index in [1.807, 2.05) is 28.7 Å². The van der Waals surface area contributed by atoms with Gasteiger partial charge in [0, 0.05) is 15.1 Å². The van der Waals surface area contributed by atoms with Crippen LogP contribution in [-0.4, -0.2) is 9.97 Å². The third-order valence-electron chi connectivity index (χ3n) is 2.21. The highest BCUT2D eigenvalue weighted by Crippen LogP contribution is 2.28. The van der Waals surface area contributed by atoms with Crippen molar-refractivity contribution in [3.05, 3.63) is 47.3 Å². The molecule has 0 amide bonds. The molecule has 88 valence electrons. The summed E-state index contributed by atoms with van der Waals surface area (Å²) in [5.41, 5.74) is 1.34. The summed E-state index contributed by atoms with van der Waals surface area (Å²) in [6, 6.07) is 5.36. The number of aromatic amines is 1. The molecule has 2 aromatic rings. The largest absolute Gasteiger partial charge is 0.306 e. The fraction of sp³-hybridized carbons (Fsp3) is 0.0909. The third-order valence-corrected chi connectivity index (χ3v) is 4.41. The van der Waals surface area contributed by atoms with Gasteiger partial charge in [0.25, 0.3) is 5.56 Å². The molecule has 0 unspecified atom stereocenters. The van der Waals surface area contributed by atoms with Gasteiger partial charge in [0.2, 0.25) is 0 Å². The van der Waals surface area contributed by atoms with Crippen LogP contribution in [0.15, 0.2) is 27.5 Å². The number of aromatic nitrogens is 2. The van der Waals surface area contributed by atoms with Gasteiger partial charge in [-0.1, -0.05) is 27.5 Å². The van der Waals surface area contributed by atoms with Gasteiger partial charge in [0.1, 0.15) is 5.82 Å². The van der Waals surface area contributed by atoms with Gasteiger partial charge in [-0.2, -0.15) is 0 Å². The SMILES string of the molecule is Cc1nc(-c2cc(Cl)ccc2Br)[nH]c(=O)c1I. The first-order valence-electron chi connectivity index (χ1n) is 4.71. The Morgan fingerprint density at radius 1 is 1.47 bits per heavy atom. The second-order valence-corrected chi connectivity index (χ2v) is 5.81. The Morgan fingerprint density at radius 3 is 2.82 bits per heavy atom. The molecular weight excluding hydrogens is 418 g/mol. The van der Waals surface area contributed by atoms with Crippen molar-refractivity contribution in [1.82, 2.24) is 9.97 Å². The summed E-state index contributed by atoms with van der Waals surface area (Å²) in [6.07, 6.45) is 0. The number of hydrogen-bond acceptors (Lipinski definition) is 2. The standard InChI is InChI=1S/C11H7BrClIN2O/c1-5-9(14)11(17)16-10(15-5)7-4-6(13)2-3-8(7)12/h2-4H,1H3,(H,15,16,17). The molecule has 0 bridgehead atoms. The van der Waals surface area contributed by atoms with E-state index in [1.54, 1.807) is 19.1 Å². The fourth-order valence-corrected chi connectivity index (χ4v) is 2.24. The maximum Gasteiger partial charge on any atom is 0.264 e. The minimum Gasteiger partial charge on any atom is -0.306 e. The molecular formula is C11H7BrClIN2O. The zero-order chi connectivity index (χ0) is 12.6. The Balaban J connectivity index is 2.69. The molecule has 0 atom stereocenters. The number of rotatable bonds is 1. The molecule has 0 radical (unpaired) electrons. The molecule has 17 heavy (non-hydrogen) atoms. The van der Waals surface area contributed by atoms with E-state index in [-0.39, 0.29) is 5.56 Å². The molecule has 0 aliphatic rings. The van der Waals surface area contributed by atoms with E-state index in [0.717, 1.165) is 10.0 Å². The highest BCUT2D eigenvalue weighted by atomic mass is 127. The molecule has 0 saturated carbocycles. The summed E-state index contributed by atoms with van der Waals surface area (Å²) >= 11 is 11.3. The molecule has 0 fully saturated rings. The van der Waals surface area contributed by atoms with Crippen LogP contribution in [0, 0.1) is 10.5 Å². The van der Waals surface area contributed by atoms with Gasteiger partial charge in [0.15, 0.2) is 0 Å². The van der Waals surface area contributed by atoms with Crippen molar-refractivity contribution in [2.24, 2.45) is 0 Å². The van der Waals surface area contributed by atoms with E-state index < -0.39 is 0 Å². The van der Waals surface area contributed by atoms with E-state index in [2.05, 4.69) is 25.9 Å². The number of hydrogen-bond donors (Lipinski definition) is 1. The third kappa shape index (κ3) is 2.71. The van der Waals surface area contributed by atoms with Crippen LogP contribution in [0.25, 0.3) is 11.4 Å². The number of aryl methyl sites for hydroxylation is 1. The smallest absolute Gasteiger partial charge is 0.264 e. The first-order valence-corrected chi connectivity index (χ1v) is 6.96. The van der Waals surface area contributed by atoms with Crippen molar-refractivity contribution in [1.29, 1.82) is 0 Å². The van der Waals surface area contributed by atoms with E-state index in [4.69, 9.17) is 11.6 Å². The van der Waals surface area contributed by atoms with E-state index in [1.165, 1.54) is 0 Å². The molecule has 2 rings (SSSR count). The van der Waals surface area contributed by atoms with Crippen LogP contribution in [0.4, 0.5) is 0 Å². The maximum atomic E-state index is 11.7. The number of halogens is 3. The first kappa shape index (κ1) is 13.0. The fourth-order valence-electron chi connectivity index (χ4n) is 1.38. The van der Waals surface area contributed by atoms with E-state index in [0.29, 0.717) is 20.1 Å². The molecule has 0 saturated heterocycles. The molecule has 6 heteroatoms. The number of nitrogens with one attached hydrogen (secondary N) is 1. The summed E-state index contributed by atoms with van der Waals surface area (Å²) in [7, 11) is 0. The number of benzene rings is 1. The second-order valence-electron chi connectivity index (χ2n) is 3.44. The molecule has 0 aliphatic heterocycles. The number of H-pyrrole nitrogens is 1. The van der Waals surface area contributed by atoms with Crippen molar-refractivity contribution in [3.63, 3.8) is 0 Å². The predicted molar refractivity (Wildman–Crippen MR) is 80.5 cm³/mol. The van der Waals surface area contributed by atoms with Gasteiger partial charge >= 0.3 is 0 Å². The maximum absolute atomic E-state index is 11.7. The Labute approximate surface area is 125 Å². The van der Waals surface area contributed by atoms with Crippen LogP contribution in [0.3, 0.4) is 0 Å². The van der Waals surface area contributed by atoms with Crippen LogP contribution in [0.5, 0.6) is 0 Å². The molecule has 1 aromatic carbocycles. The van der Waals surface area contributed by atoms with E-state index >= 15 is 0 Å². The van der Waals surface area contributed by atoms with Crippen molar-refractivity contribution >= 4 is 50.1 Å². The zero-order valence-corrected chi connectivity index (χ0v) is 13.2. The van der Waals surface area contributed by atoms with Gasteiger partial charge in [-0.3, -0.25) is 4.79 Å². The topological polar surface area (TPSA) is 45.8 Å². The Hall–Kier alpha value is -0.400. The average molecular weight is 425 g/mol. The van der Waals surface area contributed by atoms with Crippen LogP contribution in [0.2, 0.25) is 5.02 Å². The van der Waals surface area contributed by atoms with Crippen molar-refractivity contribution in [2.75, 3.05) is 0 Å². The molecule has 1 aromatic heterocycles. The minimum absolute atomic E-state index is 0.139. The van der Waals surface area contributed by atoms with Gasteiger partial charge in [-0.25, -0.2) is 4.98 Å². The van der Waals surface area contributed by atoms with Gasteiger partial charge < -0.3 is 4.98 Å². The van der Waals surface area contributed by atoms with Crippen molar-refractivity contribution in [3.8, 4) is 11.4 Å². The molecule has 3 nitrogen and oxygen atoms in total. The van der Waals surface area contributed by atoms with Crippen LogP contribution < -0.4 is 5.56 Å². The normalized spacial score (nSPS) is 10.6. The highest BCUT2D eigenvalue weighted by Gasteiger charge is 2.10. The lowest BCUT2D eigenvalue weighted by molar-refractivity contribution is 1.05. The Bertz CT molecular complexity index is 642. The lowest BCUT2D eigenvalue weighted by Gasteiger charge is -2.06. The first-order chi connectivity index (χ1) is 7.99.